The van der Waals surface area contributed by atoms with Crippen molar-refractivity contribution in [1.82, 2.24) is 10.3 Å². The number of pyridine rings is 1. The van der Waals surface area contributed by atoms with Crippen LogP contribution in [0, 0.1) is 0 Å². The summed E-state index contributed by atoms with van der Waals surface area (Å²) in [6.07, 6.45) is 11.3. The Hall–Kier alpha value is -0.890. The highest BCUT2D eigenvalue weighted by molar-refractivity contribution is 5.10. The summed E-state index contributed by atoms with van der Waals surface area (Å²) in [5.74, 6) is 0.488. The first kappa shape index (κ1) is 16.2. The minimum Gasteiger partial charge on any atom is -0.316 e. The highest BCUT2D eigenvalue weighted by Gasteiger charge is 2.17. The summed E-state index contributed by atoms with van der Waals surface area (Å²) in [6, 6.07) is 6.74. The van der Waals surface area contributed by atoms with Gasteiger partial charge >= 0.3 is 0 Å². The second-order valence-corrected chi connectivity index (χ2v) is 5.49. The van der Waals surface area contributed by atoms with E-state index in [4.69, 9.17) is 0 Å². The van der Waals surface area contributed by atoms with Crippen LogP contribution in [0.15, 0.2) is 24.4 Å². The predicted octanol–water partition coefficient (Wildman–Crippen LogP) is 4.52. The van der Waals surface area contributed by atoms with Crippen molar-refractivity contribution in [2.75, 3.05) is 7.05 Å². The average Bonchev–Trinajstić information content (AvgIpc) is 2.47. The van der Waals surface area contributed by atoms with Crippen LogP contribution in [0.2, 0.25) is 0 Å². The van der Waals surface area contributed by atoms with Crippen LogP contribution in [0.25, 0.3) is 0 Å². The number of unbranched alkanes of at least 4 members (excludes halogenated alkanes) is 5. The lowest BCUT2D eigenvalue weighted by Crippen LogP contribution is -2.31. The third kappa shape index (κ3) is 6.20. The predicted molar refractivity (Wildman–Crippen MR) is 83.5 cm³/mol. The Morgan fingerprint density at radius 1 is 1.11 bits per heavy atom. The third-order valence-electron chi connectivity index (χ3n) is 4.00. The molecule has 0 amide bonds. The van der Waals surface area contributed by atoms with Crippen molar-refractivity contribution in [3.63, 3.8) is 0 Å². The third-order valence-corrected chi connectivity index (χ3v) is 4.00. The Balaban J connectivity index is 2.29. The van der Waals surface area contributed by atoms with Gasteiger partial charge in [0.25, 0.3) is 0 Å². The first-order valence-electron chi connectivity index (χ1n) is 7.87. The van der Waals surface area contributed by atoms with Crippen molar-refractivity contribution in [2.24, 2.45) is 0 Å². The number of aromatic nitrogens is 1. The van der Waals surface area contributed by atoms with Crippen LogP contribution in [0.1, 0.15) is 70.4 Å². The van der Waals surface area contributed by atoms with Crippen molar-refractivity contribution in [2.45, 2.75) is 70.8 Å². The van der Waals surface area contributed by atoms with Crippen molar-refractivity contribution in [3.8, 4) is 0 Å². The summed E-state index contributed by atoms with van der Waals surface area (Å²) in [6.45, 7) is 4.55. The molecule has 108 valence electrons. The molecule has 2 atom stereocenters. The van der Waals surface area contributed by atoms with E-state index < -0.39 is 0 Å². The summed E-state index contributed by atoms with van der Waals surface area (Å²) in [7, 11) is 2.07. The number of likely N-dealkylation sites (N-methyl/N-ethyl adjacent to an activating group) is 1. The maximum absolute atomic E-state index is 4.48. The van der Waals surface area contributed by atoms with E-state index in [0.717, 1.165) is 0 Å². The summed E-state index contributed by atoms with van der Waals surface area (Å²) in [4.78, 5) is 4.48. The standard InChI is InChI=1S/C17H30N2/c1-4-5-6-7-8-9-12-16(18-3)15(2)17-13-10-11-14-19-17/h10-11,13-16,18H,4-9,12H2,1-3H3. The fourth-order valence-electron chi connectivity index (χ4n) is 2.64. The van der Waals surface area contributed by atoms with Gasteiger partial charge in [0.05, 0.1) is 0 Å². The van der Waals surface area contributed by atoms with Crippen LogP contribution in [0.3, 0.4) is 0 Å². The Bertz CT molecular complexity index is 310. The summed E-state index contributed by atoms with van der Waals surface area (Å²) >= 11 is 0. The van der Waals surface area contributed by atoms with Crippen LogP contribution in [-0.2, 0) is 0 Å². The van der Waals surface area contributed by atoms with Gasteiger partial charge in [0.2, 0.25) is 0 Å². The highest BCUT2D eigenvalue weighted by Crippen LogP contribution is 2.21. The fourth-order valence-corrected chi connectivity index (χ4v) is 2.64. The van der Waals surface area contributed by atoms with Gasteiger partial charge in [0.15, 0.2) is 0 Å². The van der Waals surface area contributed by atoms with Gasteiger partial charge in [0, 0.05) is 23.9 Å². The molecule has 0 aromatic carbocycles. The fraction of sp³-hybridized carbons (Fsp3) is 0.706. The molecule has 19 heavy (non-hydrogen) atoms. The maximum Gasteiger partial charge on any atom is 0.0447 e. The van der Waals surface area contributed by atoms with Gasteiger partial charge in [-0.3, -0.25) is 4.98 Å². The normalized spacial score (nSPS) is 14.3. The second-order valence-electron chi connectivity index (χ2n) is 5.49. The van der Waals surface area contributed by atoms with Gasteiger partial charge in [0.1, 0.15) is 0 Å². The lowest BCUT2D eigenvalue weighted by Gasteiger charge is -2.23. The number of hydrogen-bond acceptors (Lipinski definition) is 2. The maximum atomic E-state index is 4.48. The Labute approximate surface area is 119 Å². The first-order chi connectivity index (χ1) is 9.29. The summed E-state index contributed by atoms with van der Waals surface area (Å²) in [5.41, 5.74) is 1.20. The molecular weight excluding hydrogens is 232 g/mol. The van der Waals surface area contributed by atoms with Gasteiger partial charge < -0.3 is 5.32 Å². The largest absolute Gasteiger partial charge is 0.316 e. The lowest BCUT2D eigenvalue weighted by atomic mass is 9.93. The van der Waals surface area contributed by atoms with E-state index in [1.54, 1.807) is 0 Å². The number of hydrogen-bond donors (Lipinski definition) is 1. The van der Waals surface area contributed by atoms with Crippen molar-refractivity contribution >= 4 is 0 Å². The van der Waals surface area contributed by atoms with Gasteiger partial charge in [-0.25, -0.2) is 0 Å². The zero-order valence-electron chi connectivity index (χ0n) is 12.9. The van der Waals surface area contributed by atoms with E-state index >= 15 is 0 Å². The van der Waals surface area contributed by atoms with Gasteiger partial charge in [-0.05, 0) is 25.6 Å². The highest BCUT2D eigenvalue weighted by atomic mass is 14.9. The summed E-state index contributed by atoms with van der Waals surface area (Å²) in [5, 5.41) is 3.46. The van der Waals surface area contributed by atoms with Crippen LogP contribution in [0.4, 0.5) is 0 Å². The molecule has 0 saturated carbocycles. The molecule has 0 fully saturated rings. The molecule has 0 spiro atoms. The Morgan fingerprint density at radius 2 is 1.84 bits per heavy atom. The van der Waals surface area contributed by atoms with E-state index in [1.807, 2.05) is 12.3 Å². The topological polar surface area (TPSA) is 24.9 Å². The molecule has 0 aliphatic rings. The zero-order valence-corrected chi connectivity index (χ0v) is 12.9. The Morgan fingerprint density at radius 3 is 2.47 bits per heavy atom. The lowest BCUT2D eigenvalue weighted by molar-refractivity contribution is 0.426. The molecule has 0 aliphatic heterocycles. The molecule has 0 saturated heterocycles. The molecular formula is C17H30N2. The number of nitrogens with zero attached hydrogens (tertiary/aromatic N) is 1. The molecule has 1 aromatic rings. The molecule has 0 radical (unpaired) electrons. The van der Waals surface area contributed by atoms with Crippen molar-refractivity contribution < 1.29 is 0 Å². The molecule has 1 N–H and O–H groups in total. The van der Waals surface area contributed by atoms with Crippen LogP contribution in [0.5, 0.6) is 0 Å². The monoisotopic (exact) mass is 262 g/mol. The number of rotatable bonds is 10. The molecule has 2 unspecified atom stereocenters. The van der Waals surface area contributed by atoms with E-state index in [9.17, 15) is 0 Å². The van der Waals surface area contributed by atoms with E-state index in [-0.39, 0.29) is 0 Å². The SMILES string of the molecule is CCCCCCCCC(NC)C(C)c1ccccn1. The van der Waals surface area contributed by atoms with Crippen molar-refractivity contribution in [3.05, 3.63) is 30.1 Å². The van der Waals surface area contributed by atoms with Gasteiger partial charge in [-0.2, -0.15) is 0 Å². The zero-order chi connectivity index (χ0) is 13.9. The van der Waals surface area contributed by atoms with Crippen LogP contribution in [-0.4, -0.2) is 18.1 Å². The molecule has 1 heterocycles. The molecule has 0 bridgehead atoms. The van der Waals surface area contributed by atoms with Crippen molar-refractivity contribution in [1.29, 1.82) is 0 Å². The van der Waals surface area contributed by atoms with Gasteiger partial charge in [-0.15, -0.1) is 0 Å². The molecule has 0 aliphatic carbocycles. The van der Waals surface area contributed by atoms with Crippen LogP contribution < -0.4 is 5.32 Å². The minimum absolute atomic E-state index is 0.488. The second kappa shape index (κ2) is 9.96. The average molecular weight is 262 g/mol. The minimum atomic E-state index is 0.488. The molecule has 2 nitrogen and oxygen atoms in total. The van der Waals surface area contributed by atoms with E-state index in [1.165, 1.54) is 50.6 Å². The smallest absolute Gasteiger partial charge is 0.0447 e. The molecule has 1 rings (SSSR count). The van der Waals surface area contributed by atoms with Gasteiger partial charge in [-0.1, -0.05) is 58.4 Å². The first-order valence-corrected chi connectivity index (χ1v) is 7.87. The molecule has 1 aromatic heterocycles. The van der Waals surface area contributed by atoms with E-state index in [0.29, 0.717) is 12.0 Å². The van der Waals surface area contributed by atoms with E-state index in [2.05, 4.69) is 43.3 Å². The quantitative estimate of drug-likeness (QED) is 0.627. The Kier molecular flexibility index (Phi) is 8.48. The van der Waals surface area contributed by atoms with Crippen LogP contribution >= 0.6 is 0 Å². The number of nitrogens with one attached hydrogen (secondary N) is 1. The molecule has 2 heteroatoms. The summed E-state index contributed by atoms with van der Waals surface area (Å²) < 4.78 is 0.